The maximum Gasteiger partial charge on any atom is 0.320 e. The first-order valence-electron chi connectivity index (χ1n) is 6.65. The van der Waals surface area contributed by atoms with Gasteiger partial charge in [-0.15, -0.1) is 0 Å². The lowest BCUT2D eigenvalue weighted by molar-refractivity contribution is -0.139. The third-order valence-corrected chi connectivity index (χ3v) is 5.18. The van der Waals surface area contributed by atoms with Gasteiger partial charge in [0.25, 0.3) is 0 Å². The Kier molecular flexibility index (Phi) is 6.34. The maximum atomic E-state index is 11.1. The van der Waals surface area contributed by atoms with Gasteiger partial charge in [0.15, 0.2) is 0 Å². The largest absolute Gasteiger partial charge is 0.480 e. The molecule has 1 aliphatic carbocycles. The molecule has 4 heteroatoms. The van der Waals surface area contributed by atoms with Gasteiger partial charge in [0.1, 0.15) is 6.04 Å². The average molecular weight is 259 g/mol. The summed E-state index contributed by atoms with van der Waals surface area (Å²) in [6, 6.07) is -0.362. The summed E-state index contributed by atoms with van der Waals surface area (Å²) in [5.74, 6) is -0.701. The lowest BCUT2D eigenvalue weighted by Gasteiger charge is -2.29. The molecule has 0 aromatic rings. The van der Waals surface area contributed by atoms with Crippen molar-refractivity contribution in [2.24, 2.45) is 0 Å². The van der Waals surface area contributed by atoms with E-state index >= 15 is 0 Å². The molecule has 3 nitrogen and oxygen atoms in total. The van der Waals surface area contributed by atoms with Crippen LogP contribution in [0.1, 0.15) is 51.9 Å². The number of carbonyl (C=O) groups is 1. The second kappa shape index (κ2) is 7.27. The first kappa shape index (κ1) is 14.8. The van der Waals surface area contributed by atoms with Crippen LogP contribution in [0.4, 0.5) is 0 Å². The van der Waals surface area contributed by atoms with Crippen LogP contribution in [-0.4, -0.2) is 34.7 Å². The zero-order valence-electron chi connectivity index (χ0n) is 11.0. The molecule has 1 fully saturated rings. The van der Waals surface area contributed by atoms with E-state index in [0.29, 0.717) is 4.75 Å². The highest BCUT2D eigenvalue weighted by Gasteiger charge is 2.33. The smallest absolute Gasteiger partial charge is 0.320 e. The molecule has 0 bridgehead atoms. The number of unbranched alkanes of at least 4 members (excludes halogenated alkanes) is 1. The Morgan fingerprint density at radius 3 is 2.59 bits per heavy atom. The zero-order chi connectivity index (χ0) is 12.7. The first-order chi connectivity index (χ1) is 8.13. The summed E-state index contributed by atoms with van der Waals surface area (Å²) in [6.45, 7) is 2.94. The van der Waals surface area contributed by atoms with Crippen LogP contribution in [-0.2, 0) is 4.79 Å². The molecule has 100 valence electrons. The highest BCUT2D eigenvalue weighted by Crippen LogP contribution is 2.39. The van der Waals surface area contributed by atoms with Gasteiger partial charge in [-0.2, -0.15) is 11.8 Å². The number of hydrogen-bond acceptors (Lipinski definition) is 3. The molecule has 1 rings (SSSR count). The lowest BCUT2D eigenvalue weighted by Crippen LogP contribution is -2.44. The van der Waals surface area contributed by atoms with E-state index in [0.717, 1.165) is 25.8 Å². The quantitative estimate of drug-likeness (QED) is 0.703. The molecule has 1 saturated carbocycles. The number of thioether (sulfide) groups is 1. The van der Waals surface area contributed by atoms with Crippen LogP contribution in [0.2, 0.25) is 0 Å². The fourth-order valence-electron chi connectivity index (χ4n) is 2.50. The molecular weight excluding hydrogens is 234 g/mol. The number of carboxylic acid groups (broad SMARTS) is 1. The van der Waals surface area contributed by atoms with Crippen LogP contribution in [0.3, 0.4) is 0 Å². The highest BCUT2D eigenvalue weighted by molar-refractivity contribution is 8.00. The highest BCUT2D eigenvalue weighted by atomic mass is 32.2. The number of nitrogens with one attached hydrogen (secondary N) is 1. The minimum Gasteiger partial charge on any atom is -0.480 e. The van der Waals surface area contributed by atoms with E-state index < -0.39 is 5.97 Å². The van der Waals surface area contributed by atoms with Gasteiger partial charge in [-0.25, -0.2) is 0 Å². The maximum absolute atomic E-state index is 11.1. The summed E-state index contributed by atoms with van der Waals surface area (Å²) in [5.41, 5.74) is 0. The summed E-state index contributed by atoms with van der Waals surface area (Å²) in [5, 5.41) is 12.4. The van der Waals surface area contributed by atoms with Crippen molar-refractivity contribution in [3.63, 3.8) is 0 Å². The van der Waals surface area contributed by atoms with E-state index in [9.17, 15) is 4.79 Å². The molecule has 0 saturated heterocycles. The summed E-state index contributed by atoms with van der Waals surface area (Å²) in [7, 11) is 0. The van der Waals surface area contributed by atoms with Crippen molar-refractivity contribution in [1.82, 2.24) is 5.32 Å². The molecule has 1 unspecified atom stereocenters. The first-order valence-corrected chi connectivity index (χ1v) is 7.87. The molecule has 0 amide bonds. The minimum absolute atomic E-state index is 0.292. The number of rotatable bonds is 8. The molecular formula is C13H25NO2S. The molecule has 1 aliphatic rings. The molecule has 0 aromatic carbocycles. The zero-order valence-corrected chi connectivity index (χ0v) is 11.8. The third kappa shape index (κ3) is 4.51. The molecule has 2 N–H and O–H groups in total. The normalized spacial score (nSPS) is 20.4. The Morgan fingerprint density at radius 2 is 2.12 bits per heavy atom. The molecule has 0 heterocycles. The van der Waals surface area contributed by atoms with E-state index in [1.807, 2.05) is 11.8 Å². The average Bonchev–Trinajstić information content (AvgIpc) is 2.78. The van der Waals surface area contributed by atoms with Crippen molar-refractivity contribution in [2.75, 3.05) is 12.8 Å². The fourth-order valence-corrected chi connectivity index (χ4v) is 3.43. The lowest BCUT2D eigenvalue weighted by atomic mass is 10.1. The van der Waals surface area contributed by atoms with E-state index in [2.05, 4.69) is 18.5 Å². The molecule has 1 atom stereocenters. The van der Waals surface area contributed by atoms with Crippen molar-refractivity contribution in [1.29, 1.82) is 0 Å². The van der Waals surface area contributed by atoms with Crippen LogP contribution < -0.4 is 5.32 Å². The molecule has 17 heavy (non-hydrogen) atoms. The van der Waals surface area contributed by atoms with Gasteiger partial charge in [-0.05, 0) is 25.5 Å². The van der Waals surface area contributed by atoms with E-state index in [4.69, 9.17) is 5.11 Å². The summed E-state index contributed by atoms with van der Waals surface area (Å²) < 4.78 is 0.292. The molecule has 0 aliphatic heterocycles. The van der Waals surface area contributed by atoms with E-state index in [1.165, 1.54) is 25.7 Å². The molecule has 0 spiro atoms. The summed E-state index contributed by atoms with van der Waals surface area (Å²) in [4.78, 5) is 11.1. The van der Waals surface area contributed by atoms with Crippen molar-refractivity contribution in [3.05, 3.63) is 0 Å². The van der Waals surface area contributed by atoms with Gasteiger partial charge in [-0.1, -0.05) is 32.6 Å². The monoisotopic (exact) mass is 259 g/mol. The van der Waals surface area contributed by atoms with Gasteiger partial charge >= 0.3 is 5.97 Å². The van der Waals surface area contributed by atoms with Crippen molar-refractivity contribution in [2.45, 2.75) is 62.7 Å². The van der Waals surface area contributed by atoms with E-state index in [1.54, 1.807) is 0 Å². The second-order valence-corrected chi connectivity index (χ2v) is 6.28. The third-order valence-electron chi connectivity index (χ3n) is 3.76. The number of hydrogen-bond donors (Lipinski definition) is 2. The predicted octanol–water partition coefficient (Wildman–Crippen LogP) is 2.90. The molecule has 0 radical (unpaired) electrons. The Bertz CT molecular complexity index is 240. The molecule has 0 aromatic heterocycles. The SMILES string of the molecule is CCCCC(NCC1(SC)CCCC1)C(=O)O. The Morgan fingerprint density at radius 1 is 1.47 bits per heavy atom. The summed E-state index contributed by atoms with van der Waals surface area (Å²) >= 11 is 1.90. The van der Waals surface area contributed by atoms with Crippen molar-refractivity contribution < 1.29 is 9.90 Å². The van der Waals surface area contributed by atoms with Crippen LogP contribution in [0.25, 0.3) is 0 Å². The topological polar surface area (TPSA) is 49.3 Å². The van der Waals surface area contributed by atoms with Gasteiger partial charge in [0.05, 0.1) is 0 Å². The van der Waals surface area contributed by atoms with Crippen LogP contribution >= 0.6 is 11.8 Å². The van der Waals surface area contributed by atoms with Crippen molar-refractivity contribution in [3.8, 4) is 0 Å². The number of aliphatic carboxylic acids is 1. The van der Waals surface area contributed by atoms with Crippen LogP contribution in [0.15, 0.2) is 0 Å². The Labute approximate surface area is 109 Å². The Balaban J connectivity index is 2.41. The van der Waals surface area contributed by atoms with Crippen molar-refractivity contribution >= 4 is 17.7 Å². The second-order valence-electron chi connectivity index (χ2n) is 5.01. The van der Waals surface area contributed by atoms with Gasteiger partial charge in [-0.3, -0.25) is 4.79 Å². The van der Waals surface area contributed by atoms with Crippen LogP contribution in [0, 0.1) is 0 Å². The number of carboxylic acids is 1. The minimum atomic E-state index is -0.701. The fraction of sp³-hybridized carbons (Fsp3) is 0.923. The summed E-state index contributed by atoms with van der Waals surface area (Å²) in [6.07, 6.45) is 9.95. The van der Waals surface area contributed by atoms with Gasteiger partial charge in [0.2, 0.25) is 0 Å². The van der Waals surface area contributed by atoms with Gasteiger partial charge in [0, 0.05) is 11.3 Å². The predicted molar refractivity (Wildman–Crippen MR) is 73.7 cm³/mol. The van der Waals surface area contributed by atoms with Crippen LogP contribution in [0.5, 0.6) is 0 Å². The standard InChI is InChI=1S/C13H25NO2S/c1-3-4-7-11(12(15)16)14-10-13(17-2)8-5-6-9-13/h11,14H,3-10H2,1-2H3,(H,15,16). The van der Waals surface area contributed by atoms with E-state index in [-0.39, 0.29) is 6.04 Å². The Hall–Kier alpha value is -0.220. The van der Waals surface area contributed by atoms with Gasteiger partial charge < -0.3 is 10.4 Å².